The van der Waals surface area contributed by atoms with E-state index >= 15 is 0 Å². The van der Waals surface area contributed by atoms with E-state index in [9.17, 15) is 0 Å². The first-order valence-electron chi connectivity index (χ1n) is 6.58. The molecule has 100 valence electrons. The third-order valence-electron chi connectivity index (χ3n) is 3.05. The zero-order chi connectivity index (χ0) is 12.9. The van der Waals surface area contributed by atoms with E-state index in [0.717, 1.165) is 18.1 Å². The Morgan fingerprint density at radius 2 is 2.11 bits per heavy atom. The van der Waals surface area contributed by atoms with E-state index < -0.39 is 0 Å². The van der Waals surface area contributed by atoms with E-state index in [4.69, 9.17) is 4.74 Å². The van der Waals surface area contributed by atoms with Crippen LogP contribution in [0.4, 0.5) is 0 Å². The average Bonchev–Trinajstić information content (AvgIpc) is 3.17. The van der Waals surface area contributed by atoms with Crippen LogP contribution in [0.15, 0.2) is 30.3 Å². The molecular weight excluding hydrogens is 242 g/mol. The summed E-state index contributed by atoms with van der Waals surface area (Å²) in [5.74, 6) is 1.73. The quantitative estimate of drug-likeness (QED) is 0.803. The Hall–Kier alpha value is -1.95. The van der Waals surface area contributed by atoms with Gasteiger partial charge in [-0.25, -0.2) is 4.68 Å². The largest absolute Gasteiger partial charge is 0.492 e. The van der Waals surface area contributed by atoms with Crippen LogP contribution >= 0.6 is 0 Å². The van der Waals surface area contributed by atoms with Crippen molar-refractivity contribution in [3.8, 4) is 5.75 Å². The first-order valence-corrected chi connectivity index (χ1v) is 6.58. The van der Waals surface area contributed by atoms with Crippen LogP contribution in [0.1, 0.15) is 18.7 Å². The fourth-order valence-electron chi connectivity index (χ4n) is 1.81. The van der Waals surface area contributed by atoms with Crippen molar-refractivity contribution in [1.29, 1.82) is 0 Å². The second kappa shape index (κ2) is 5.79. The summed E-state index contributed by atoms with van der Waals surface area (Å²) in [7, 11) is 0. The molecule has 2 aromatic rings. The van der Waals surface area contributed by atoms with Crippen molar-refractivity contribution in [2.75, 3.05) is 6.61 Å². The first-order chi connectivity index (χ1) is 9.42. The maximum absolute atomic E-state index is 5.64. The van der Waals surface area contributed by atoms with Gasteiger partial charge in [0.15, 0.2) is 5.82 Å². The maximum atomic E-state index is 5.64. The van der Waals surface area contributed by atoms with Gasteiger partial charge in [-0.05, 0) is 35.4 Å². The summed E-state index contributed by atoms with van der Waals surface area (Å²) in [6.07, 6.45) is 2.53. The van der Waals surface area contributed by atoms with Gasteiger partial charge in [0.2, 0.25) is 0 Å². The predicted octanol–water partition coefficient (Wildman–Crippen LogP) is 1.00. The molecule has 0 bridgehead atoms. The summed E-state index contributed by atoms with van der Waals surface area (Å²) in [4.78, 5) is 0. The number of rotatable bonds is 7. The van der Waals surface area contributed by atoms with E-state index in [0.29, 0.717) is 19.2 Å². The number of ether oxygens (including phenoxy) is 1. The lowest BCUT2D eigenvalue weighted by molar-refractivity contribution is 0.286. The van der Waals surface area contributed by atoms with Crippen LogP contribution in [0.2, 0.25) is 0 Å². The molecule has 1 aliphatic carbocycles. The second-order valence-corrected chi connectivity index (χ2v) is 4.63. The van der Waals surface area contributed by atoms with Crippen molar-refractivity contribution < 1.29 is 4.74 Å². The molecule has 1 heterocycles. The number of tetrazole rings is 1. The van der Waals surface area contributed by atoms with Crippen molar-refractivity contribution in [3.05, 3.63) is 36.2 Å². The Kier molecular flexibility index (Phi) is 3.69. The van der Waals surface area contributed by atoms with Crippen molar-refractivity contribution in [3.63, 3.8) is 0 Å². The topological polar surface area (TPSA) is 64.9 Å². The van der Waals surface area contributed by atoms with Gasteiger partial charge in [-0.15, -0.1) is 5.10 Å². The number of hydrogen-bond donors (Lipinski definition) is 1. The molecule has 1 fully saturated rings. The second-order valence-electron chi connectivity index (χ2n) is 4.63. The van der Waals surface area contributed by atoms with E-state index in [1.807, 2.05) is 30.3 Å². The van der Waals surface area contributed by atoms with Gasteiger partial charge in [0, 0.05) is 6.04 Å². The van der Waals surface area contributed by atoms with Crippen molar-refractivity contribution in [2.24, 2.45) is 0 Å². The van der Waals surface area contributed by atoms with Gasteiger partial charge in [0.05, 0.1) is 13.1 Å². The summed E-state index contributed by atoms with van der Waals surface area (Å²) >= 11 is 0. The highest BCUT2D eigenvalue weighted by Gasteiger charge is 2.21. The lowest BCUT2D eigenvalue weighted by Crippen LogP contribution is -2.20. The Balaban J connectivity index is 1.47. The summed E-state index contributed by atoms with van der Waals surface area (Å²) < 4.78 is 7.43. The summed E-state index contributed by atoms with van der Waals surface area (Å²) in [5, 5.41) is 15.1. The van der Waals surface area contributed by atoms with Crippen LogP contribution < -0.4 is 10.1 Å². The molecule has 19 heavy (non-hydrogen) atoms. The van der Waals surface area contributed by atoms with Crippen LogP contribution in [0, 0.1) is 0 Å². The standard InChI is InChI=1S/C13H17N5O/c1-2-4-12(5-3-1)19-9-8-18-13(15-16-17-18)10-14-11-6-7-11/h1-5,11,14H,6-10H2. The van der Waals surface area contributed by atoms with E-state index in [2.05, 4.69) is 20.8 Å². The minimum atomic E-state index is 0.561. The number of nitrogens with one attached hydrogen (secondary N) is 1. The highest BCUT2D eigenvalue weighted by atomic mass is 16.5. The van der Waals surface area contributed by atoms with Crippen molar-refractivity contribution in [1.82, 2.24) is 25.5 Å². The van der Waals surface area contributed by atoms with Crippen LogP contribution in [0.25, 0.3) is 0 Å². The average molecular weight is 259 g/mol. The van der Waals surface area contributed by atoms with Gasteiger partial charge >= 0.3 is 0 Å². The summed E-state index contributed by atoms with van der Waals surface area (Å²) in [5.41, 5.74) is 0. The molecule has 3 rings (SSSR count). The molecule has 0 atom stereocenters. The zero-order valence-electron chi connectivity index (χ0n) is 10.7. The number of nitrogens with zero attached hydrogens (tertiary/aromatic N) is 4. The van der Waals surface area contributed by atoms with E-state index in [1.54, 1.807) is 4.68 Å². The zero-order valence-corrected chi connectivity index (χ0v) is 10.7. The van der Waals surface area contributed by atoms with Gasteiger partial charge in [-0.2, -0.15) is 0 Å². The van der Waals surface area contributed by atoms with E-state index in [1.165, 1.54) is 12.8 Å². The normalized spacial score (nSPS) is 14.5. The Morgan fingerprint density at radius 1 is 1.26 bits per heavy atom. The molecule has 0 spiro atoms. The Labute approximate surface area is 111 Å². The molecule has 1 N–H and O–H groups in total. The summed E-state index contributed by atoms with van der Waals surface area (Å²) in [6.45, 7) is 1.94. The highest BCUT2D eigenvalue weighted by molar-refractivity contribution is 5.20. The molecule has 1 aliphatic rings. The van der Waals surface area contributed by atoms with Gasteiger partial charge in [-0.3, -0.25) is 0 Å². The molecule has 6 heteroatoms. The molecule has 1 aromatic carbocycles. The number of hydrogen-bond acceptors (Lipinski definition) is 5. The smallest absolute Gasteiger partial charge is 0.165 e. The van der Waals surface area contributed by atoms with Crippen molar-refractivity contribution in [2.45, 2.75) is 32.0 Å². The molecule has 0 amide bonds. The number of aromatic nitrogens is 4. The van der Waals surface area contributed by atoms with Crippen LogP contribution in [0.3, 0.4) is 0 Å². The Morgan fingerprint density at radius 3 is 2.89 bits per heavy atom. The minimum Gasteiger partial charge on any atom is -0.492 e. The maximum Gasteiger partial charge on any atom is 0.165 e. The third kappa shape index (κ3) is 3.51. The summed E-state index contributed by atoms with van der Waals surface area (Å²) in [6, 6.07) is 10.4. The number of para-hydroxylation sites is 1. The van der Waals surface area contributed by atoms with Crippen molar-refractivity contribution >= 4 is 0 Å². The molecule has 1 saturated carbocycles. The third-order valence-corrected chi connectivity index (χ3v) is 3.05. The molecular formula is C13H17N5O. The monoisotopic (exact) mass is 259 g/mol. The van der Waals surface area contributed by atoms with E-state index in [-0.39, 0.29) is 0 Å². The molecule has 0 aliphatic heterocycles. The minimum absolute atomic E-state index is 0.561. The lowest BCUT2D eigenvalue weighted by Gasteiger charge is -2.07. The van der Waals surface area contributed by atoms with Crippen LogP contribution in [-0.2, 0) is 13.1 Å². The fourth-order valence-corrected chi connectivity index (χ4v) is 1.81. The molecule has 1 aromatic heterocycles. The van der Waals surface area contributed by atoms with Gasteiger partial charge in [-0.1, -0.05) is 18.2 Å². The fraction of sp³-hybridized carbons (Fsp3) is 0.462. The highest BCUT2D eigenvalue weighted by Crippen LogP contribution is 2.18. The van der Waals surface area contributed by atoms with Gasteiger partial charge in [0.25, 0.3) is 0 Å². The van der Waals surface area contributed by atoms with Gasteiger partial charge < -0.3 is 10.1 Å². The Bertz CT molecular complexity index is 509. The lowest BCUT2D eigenvalue weighted by atomic mass is 10.3. The van der Waals surface area contributed by atoms with Crippen LogP contribution in [-0.4, -0.2) is 32.9 Å². The SMILES string of the molecule is c1ccc(OCCn2nnnc2CNC2CC2)cc1. The van der Waals surface area contributed by atoms with Gasteiger partial charge in [0.1, 0.15) is 12.4 Å². The first kappa shape index (κ1) is 12.1. The molecule has 0 radical (unpaired) electrons. The molecule has 0 saturated heterocycles. The molecule has 6 nitrogen and oxygen atoms in total. The predicted molar refractivity (Wildman–Crippen MR) is 69.6 cm³/mol. The number of benzene rings is 1. The van der Waals surface area contributed by atoms with Crippen LogP contribution in [0.5, 0.6) is 5.75 Å². The molecule has 0 unspecified atom stereocenters.